The molecule has 0 radical (unpaired) electrons. The van der Waals surface area contributed by atoms with Crippen LogP contribution in [0.3, 0.4) is 0 Å². The maximum absolute atomic E-state index is 12.7. The summed E-state index contributed by atoms with van der Waals surface area (Å²) in [4.78, 5) is 38.4. The van der Waals surface area contributed by atoms with Crippen LogP contribution < -0.4 is 15.4 Å². The second kappa shape index (κ2) is 9.77. The molecular formula is C24H33N5O5S. The zero-order chi connectivity index (χ0) is 24.6. The minimum Gasteiger partial charge on any atom is -0.338 e. The number of hydrogen-bond donors (Lipinski definition) is 3. The minimum absolute atomic E-state index is 0.0786. The first kappa shape index (κ1) is 24.1. The van der Waals surface area contributed by atoms with Gasteiger partial charge in [-0.15, -0.1) is 0 Å². The van der Waals surface area contributed by atoms with Gasteiger partial charge < -0.3 is 10.6 Å². The molecule has 35 heavy (non-hydrogen) atoms. The number of carbonyl (C=O) groups excluding carboxylic acids is 3. The molecule has 3 N–H and O–H groups in total. The van der Waals surface area contributed by atoms with Crippen LogP contribution in [0.1, 0.15) is 60.9 Å². The lowest BCUT2D eigenvalue weighted by atomic mass is 9.95. The molecule has 1 saturated heterocycles. The van der Waals surface area contributed by atoms with Gasteiger partial charge in [0.2, 0.25) is 0 Å². The number of hydrogen-bond acceptors (Lipinski definition) is 5. The zero-order valence-electron chi connectivity index (χ0n) is 19.7. The van der Waals surface area contributed by atoms with Gasteiger partial charge in [-0.1, -0.05) is 24.6 Å². The molecule has 2 saturated carbocycles. The van der Waals surface area contributed by atoms with Crippen molar-refractivity contribution < 1.29 is 22.8 Å². The minimum atomic E-state index is -3.88. The highest BCUT2D eigenvalue weighted by Crippen LogP contribution is 2.44. The third-order valence-electron chi connectivity index (χ3n) is 8.09. The number of benzene rings is 1. The zero-order valence-corrected chi connectivity index (χ0v) is 20.6. The van der Waals surface area contributed by atoms with Gasteiger partial charge in [-0.2, -0.15) is 12.7 Å². The monoisotopic (exact) mass is 503 g/mol. The molecule has 2 heterocycles. The van der Waals surface area contributed by atoms with Crippen molar-refractivity contribution >= 4 is 28.2 Å². The van der Waals surface area contributed by atoms with Crippen LogP contribution in [0, 0.1) is 17.8 Å². The standard InChI is InChI=1S/C24H33N5O5S/c30-22-20-4-2-1-3-19(20)15-29(22)24(32)25-10-7-16-8-11-28(12-9-16)35(33,34)27-23(31)26-21-14-17-5-6-18(21)13-17/h1-4,16-18,21H,5-15H2,(H,25,32)(H2,26,27,31). The number of nitrogens with one attached hydrogen (secondary N) is 3. The van der Waals surface area contributed by atoms with Crippen molar-refractivity contribution in [3.63, 3.8) is 0 Å². The first-order valence-electron chi connectivity index (χ1n) is 12.6. The van der Waals surface area contributed by atoms with Crippen LogP contribution in [0.4, 0.5) is 9.59 Å². The van der Waals surface area contributed by atoms with E-state index in [9.17, 15) is 22.8 Å². The number of imide groups is 1. The Morgan fingerprint density at radius 2 is 1.80 bits per heavy atom. The Bertz CT molecular complexity index is 1100. The van der Waals surface area contributed by atoms with Crippen LogP contribution in [-0.4, -0.2) is 61.3 Å². The van der Waals surface area contributed by atoms with Gasteiger partial charge >= 0.3 is 22.3 Å². The topological polar surface area (TPSA) is 128 Å². The molecule has 1 aromatic rings. The third kappa shape index (κ3) is 5.16. The molecular weight excluding hydrogens is 470 g/mol. The van der Waals surface area contributed by atoms with Crippen LogP contribution in [0.2, 0.25) is 0 Å². The summed E-state index contributed by atoms with van der Waals surface area (Å²) < 4.78 is 28.8. The number of amides is 5. The smallest absolute Gasteiger partial charge is 0.329 e. The van der Waals surface area contributed by atoms with E-state index in [1.165, 1.54) is 15.6 Å². The van der Waals surface area contributed by atoms with Gasteiger partial charge in [0.25, 0.3) is 5.91 Å². The van der Waals surface area contributed by atoms with E-state index in [4.69, 9.17) is 0 Å². The lowest BCUT2D eigenvalue weighted by Crippen LogP contribution is -2.52. The lowest BCUT2D eigenvalue weighted by Gasteiger charge is -2.31. The fourth-order valence-corrected chi connectivity index (χ4v) is 7.25. The summed E-state index contributed by atoms with van der Waals surface area (Å²) in [5.41, 5.74) is 1.41. The number of piperidine rings is 1. The van der Waals surface area contributed by atoms with Gasteiger partial charge in [0.1, 0.15) is 0 Å². The summed E-state index contributed by atoms with van der Waals surface area (Å²) >= 11 is 0. The quantitative estimate of drug-likeness (QED) is 0.548. The molecule has 2 bridgehead atoms. The molecule has 11 heteroatoms. The number of urea groups is 2. The Labute approximate surface area is 206 Å². The van der Waals surface area contributed by atoms with Gasteiger partial charge in [-0.25, -0.2) is 14.3 Å². The Morgan fingerprint density at radius 3 is 2.49 bits per heavy atom. The highest BCUT2D eigenvalue weighted by Gasteiger charge is 2.40. The Kier molecular flexibility index (Phi) is 6.71. The molecule has 3 atom stereocenters. The molecule has 1 aromatic carbocycles. The normalized spacial score (nSPS) is 26.6. The molecule has 3 fully saturated rings. The first-order chi connectivity index (χ1) is 16.8. The van der Waals surface area contributed by atoms with Crippen LogP contribution in [0.25, 0.3) is 0 Å². The highest BCUT2D eigenvalue weighted by atomic mass is 32.2. The van der Waals surface area contributed by atoms with E-state index < -0.39 is 22.3 Å². The second-order valence-electron chi connectivity index (χ2n) is 10.3. The molecule has 5 rings (SSSR count). The molecule has 0 spiro atoms. The predicted molar refractivity (Wildman–Crippen MR) is 128 cm³/mol. The molecule has 10 nitrogen and oxygen atoms in total. The van der Waals surface area contributed by atoms with Crippen LogP contribution in [0.5, 0.6) is 0 Å². The molecule has 0 aromatic heterocycles. The number of carbonyl (C=O) groups is 3. The maximum Gasteiger partial charge on any atom is 0.329 e. The third-order valence-corrected chi connectivity index (χ3v) is 9.57. The predicted octanol–water partition coefficient (Wildman–Crippen LogP) is 2.19. The largest absolute Gasteiger partial charge is 0.338 e. The lowest BCUT2D eigenvalue weighted by molar-refractivity contribution is 0.0820. The van der Waals surface area contributed by atoms with E-state index in [2.05, 4.69) is 15.4 Å². The Morgan fingerprint density at radius 1 is 1.03 bits per heavy atom. The van der Waals surface area contributed by atoms with Crippen molar-refractivity contribution in [1.82, 2.24) is 24.6 Å². The number of nitrogens with zero attached hydrogens (tertiary/aromatic N) is 2. The van der Waals surface area contributed by atoms with Crippen molar-refractivity contribution in [1.29, 1.82) is 0 Å². The summed E-state index contributed by atoms with van der Waals surface area (Å²) in [6.07, 6.45) is 6.40. The van der Waals surface area contributed by atoms with Gasteiger partial charge in [0, 0.05) is 31.2 Å². The summed E-state index contributed by atoms with van der Waals surface area (Å²) in [6.45, 7) is 1.35. The van der Waals surface area contributed by atoms with Crippen molar-refractivity contribution in [3.8, 4) is 0 Å². The van der Waals surface area contributed by atoms with Crippen molar-refractivity contribution in [2.45, 2.75) is 57.5 Å². The van der Waals surface area contributed by atoms with E-state index in [-0.39, 0.29) is 24.4 Å². The van der Waals surface area contributed by atoms with Crippen molar-refractivity contribution in [2.75, 3.05) is 19.6 Å². The van der Waals surface area contributed by atoms with E-state index in [1.54, 1.807) is 12.1 Å². The average Bonchev–Trinajstić information content (AvgIpc) is 3.54. The molecule has 190 valence electrons. The maximum atomic E-state index is 12.7. The van der Waals surface area contributed by atoms with Crippen molar-refractivity contribution in [3.05, 3.63) is 35.4 Å². The number of fused-ring (bicyclic) bond motifs is 3. The SMILES string of the molecule is O=C(NC1CC2CCC1C2)NS(=O)(=O)N1CCC(CCNC(=O)N2Cc3ccccc3C2=O)CC1. The Hall–Kier alpha value is -2.66. The van der Waals surface area contributed by atoms with E-state index in [1.807, 2.05) is 12.1 Å². The van der Waals surface area contributed by atoms with Gasteiger partial charge in [0.05, 0.1) is 6.54 Å². The summed E-state index contributed by atoms with van der Waals surface area (Å²) in [6, 6.07) is 6.24. The van der Waals surface area contributed by atoms with Crippen LogP contribution in [0.15, 0.2) is 24.3 Å². The summed E-state index contributed by atoms with van der Waals surface area (Å²) in [5, 5.41) is 5.68. The summed E-state index contributed by atoms with van der Waals surface area (Å²) in [7, 11) is -3.88. The van der Waals surface area contributed by atoms with Gasteiger partial charge in [-0.05, 0) is 67.9 Å². The van der Waals surface area contributed by atoms with Gasteiger partial charge in [0.15, 0.2) is 0 Å². The van der Waals surface area contributed by atoms with E-state index in [0.717, 1.165) is 24.8 Å². The highest BCUT2D eigenvalue weighted by molar-refractivity contribution is 7.87. The fourth-order valence-electron chi connectivity index (χ4n) is 6.14. The molecule has 3 unspecified atom stereocenters. The molecule has 4 aliphatic rings. The average molecular weight is 504 g/mol. The fraction of sp³-hybridized carbons (Fsp3) is 0.625. The van der Waals surface area contributed by atoms with Crippen LogP contribution >= 0.6 is 0 Å². The molecule has 5 amide bonds. The first-order valence-corrected chi connectivity index (χ1v) is 14.0. The molecule has 2 aliphatic heterocycles. The second-order valence-corrected chi connectivity index (χ2v) is 11.9. The molecule has 2 aliphatic carbocycles. The van der Waals surface area contributed by atoms with Crippen LogP contribution in [-0.2, 0) is 16.8 Å². The van der Waals surface area contributed by atoms with Gasteiger partial charge in [-0.3, -0.25) is 9.69 Å². The van der Waals surface area contributed by atoms with Crippen molar-refractivity contribution in [2.24, 2.45) is 17.8 Å². The van der Waals surface area contributed by atoms with E-state index >= 15 is 0 Å². The summed E-state index contributed by atoms with van der Waals surface area (Å²) in [5.74, 6) is 1.12. The number of rotatable bonds is 6. The Balaban J connectivity index is 1.02. The van der Waals surface area contributed by atoms with E-state index in [0.29, 0.717) is 56.3 Å².